The zero-order valence-electron chi connectivity index (χ0n) is 9.58. The third-order valence-electron chi connectivity index (χ3n) is 1.82. The van der Waals surface area contributed by atoms with Crippen molar-refractivity contribution in [3.63, 3.8) is 0 Å². The summed E-state index contributed by atoms with van der Waals surface area (Å²) < 4.78 is 37.5. The third-order valence-corrected chi connectivity index (χ3v) is 3.18. The average Bonchev–Trinajstić information content (AvgIpc) is 2.18. The molecule has 0 atom stereocenters. The maximum absolute atomic E-state index is 12.5. The van der Waals surface area contributed by atoms with Gasteiger partial charge in [0.25, 0.3) is 0 Å². The van der Waals surface area contributed by atoms with Gasteiger partial charge in [-0.25, -0.2) is 9.97 Å². The third kappa shape index (κ3) is 4.41. The van der Waals surface area contributed by atoms with Gasteiger partial charge in [0.15, 0.2) is 5.69 Å². The van der Waals surface area contributed by atoms with E-state index in [1.165, 1.54) is 11.8 Å². The van der Waals surface area contributed by atoms with Gasteiger partial charge in [-0.2, -0.15) is 24.9 Å². The molecule has 0 radical (unpaired) electrons. The number of halogens is 3. The van der Waals surface area contributed by atoms with Gasteiger partial charge in [-0.1, -0.05) is 13.8 Å². The molecule has 0 aliphatic rings. The molecular formula is C10H14F3N3S. The molecule has 2 N–H and O–H groups in total. The SMILES string of the molecule is CC(C)CSCc1ncc(N)c(C(F)(F)F)n1. The lowest BCUT2D eigenvalue weighted by Gasteiger charge is -2.10. The summed E-state index contributed by atoms with van der Waals surface area (Å²) in [5.41, 5.74) is 3.72. The number of nitrogen functional groups attached to an aromatic ring is 1. The van der Waals surface area contributed by atoms with E-state index >= 15 is 0 Å². The summed E-state index contributed by atoms with van der Waals surface area (Å²) in [7, 11) is 0. The molecule has 0 bridgehead atoms. The van der Waals surface area contributed by atoms with Gasteiger partial charge in [-0.05, 0) is 11.7 Å². The van der Waals surface area contributed by atoms with Crippen molar-refractivity contribution < 1.29 is 13.2 Å². The van der Waals surface area contributed by atoms with Gasteiger partial charge in [0.05, 0.1) is 17.6 Å². The summed E-state index contributed by atoms with van der Waals surface area (Å²) in [6.07, 6.45) is -3.51. The zero-order chi connectivity index (χ0) is 13.1. The van der Waals surface area contributed by atoms with Crippen molar-refractivity contribution in [1.29, 1.82) is 0 Å². The van der Waals surface area contributed by atoms with E-state index in [0.29, 0.717) is 11.7 Å². The number of hydrogen-bond acceptors (Lipinski definition) is 4. The van der Waals surface area contributed by atoms with Crippen LogP contribution in [0, 0.1) is 5.92 Å². The molecule has 0 aromatic carbocycles. The molecule has 1 rings (SSSR count). The van der Waals surface area contributed by atoms with Crippen molar-refractivity contribution in [2.75, 3.05) is 11.5 Å². The van der Waals surface area contributed by atoms with Crippen LogP contribution in [0.1, 0.15) is 25.4 Å². The van der Waals surface area contributed by atoms with Crippen LogP contribution in [0.2, 0.25) is 0 Å². The van der Waals surface area contributed by atoms with E-state index in [0.717, 1.165) is 11.9 Å². The number of aromatic nitrogens is 2. The van der Waals surface area contributed by atoms with Gasteiger partial charge < -0.3 is 5.73 Å². The Labute approximate surface area is 102 Å². The molecule has 96 valence electrons. The molecular weight excluding hydrogens is 251 g/mol. The highest BCUT2D eigenvalue weighted by atomic mass is 32.2. The second-order valence-electron chi connectivity index (χ2n) is 4.00. The first-order valence-electron chi connectivity index (χ1n) is 5.07. The second kappa shape index (κ2) is 5.57. The number of rotatable bonds is 4. The van der Waals surface area contributed by atoms with E-state index in [1.807, 2.05) is 13.8 Å². The Kier molecular flexibility index (Phi) is 4.62. The highest BCUT2D eigenvalue weighted by molar-refractivity contribution is 7.98. The van der Waals surface area contributed by atoms with Crippen molar-refractivity contribution in [2.45, 2.75) is 25.8 Å². The predicted molar refractivity (Wildman–Crippen MR) is 62.4 cm³/mol. The predicted octanol–water partition coefficient (Wildman–Crippen LogP) is 2.97. The Bertz CT molecular complexity index is 380. The monoisotopic (exact) mass is 265 g/mol. The molecule has 0 saturated carbocycles. The first-order valence-corrected chi connectivity index (χ1v) is 6.22. The summed E-state index contributed by atoms with van der Waals surface area (Å²) in [6, 6.07) is 0. The first kappa shape index (κ1) is 14.1. The number of nitrogens with two attached hydrogens (primary N) is 1. The summed E-state index contributed by atoms with van der Waals surface area (Å²) >= 11 is 1.51. The van der Waals surface area contributed by atoms with Gasteiger partial charge in [-0.15, -0.1) is 0 Å². The Morgan fingerprint density at radius 2 is 2.06 bits per heavy atom. The van der Waals surface area contributed by atoms with Crippen LogP contribution in [-0.4, -0.2) is 15.7 Å². The maximum Gasteiger partial charge on any atom is 0.435 e. The van der Waals surface area contributed by atoms with E-state index in [2.05, 4.69) is 9.97 Å². The van der Waals surface area contributed by atoms with E-state index in [4.69, 9.17) is 5.73 Å². The molecule has 3 nitrogen and oxygen atoms in total. The van der Waals surface area contributed by atoms with Crippen LogP contribution in [0.5, 0.6) is 0 Å². The first-order chi connectivity index (χ1) is 7.80. The molecule has 0 unspecified atom stereocenters. The summed E-state index contributed by atoms with van der Waals surface area (Å²) in [5.74, 6) is 1.87. The number of anilines is 1. The lowest BCUT2D eigenvalue weighted by molar-refractivity contribution is -0.140. The lowest BCUT2D eigenvalue weighted by atomic mass is 10.3. The number of thioether (sulfide) groups is 1. The Morgan fingerprint density at radius 3 is 2.59 bits per heavy atom. The standard InChI is InChI=1S/C10H14F3N3S/c1-6(2)4-17-5-8-15-3-7(14)9(16-8)10(11,12)13/h3,6H,4-5,14H2,1-2H3. The van der Waals surface area contributed by atoms with E-state index in [9.17, 15) is 13.2 Å². The molecule has 1 heterocycles. The minimum Gasteiger partial charge on any atom is -0.396 e. The molecule has 0 spiro atoms. The van der Waals surface area contributed by atoms with Crippen molar-refractivity contribution in [3.8, 4) is 0 Å². The molecule has 0 saturated heterocycles. The minimum atomic E-state index is -4.52. The van der Waals surface area contributed by atoms with Crippen LogP contribution in [0.3, 0.4) is 0 Å². The fraction of sp³-hybridized carbons (Fsp3) is 0.600. The van der Waals surface area contributed by atoms with Crippen LogP contribution >= 0.6 is 11.8 Å². The van der Waals surface area contributed by atoms with Crippen molar-refractivity contribution in [2.24, 2.45) is 5.92 Å². The summed E-state index contributed by atoms with van der Waals surface area (Å²) in [6.45, 7) is 4.08. The van der Waals surface area contributed by atoms with E-state index < -0.39 is 17.6 Å². The van der Waals surface area contributed by atoms with Crippen molar-refractivity contribution in [3.05, 3.63) is 17.7 Å². The minimum absolute atomic E-state index is 0.164. The van der Waals surface area contributed by atoms with Crippen LogP contribution in [0.25, 0.3) is 0 Å². The molecule has 0 aliphatic heterocycles. The number of hydrogen-bond donors (Lipinski definition) is 1. The summed E-state index contributed by atoms with van der Waals surface area (Å²) in [4.78, 5) is 7.25. The van der Waals surface area contributed by atoms with Gasteiger partial charge in [0, 0.05) is 0 Å². The number of nitrogens with zero attached hydrogens (tertiary/aromatic N) is 2. The Morgan fingerprint density at radius 1 is 1.41 bits per heavy atom. The number of alkyl halides is 3. The fourth-order valence-corrected chi connectivity index (χ4v) is 2.02. The molecule has 0 amide bonds. The molecule has 0 aliphatic carbocycles. The smallest absolute Gasteiger partial charge is 0.396 e. The van der Waals surface area contributed by atoms with E-state index in [-0.39, 0.29) is 5.82 Å². The molecule has 7 heteroatoms. The van der Waals surface area contributed by atoms with Crippen molar-refractivity contribution >= 4 is 17.4 Å². The Hall–Kier alpha value is -0.980. The highest BCUT2D eigenvalue weighted by Crippen LogP contribution is 2.31. The summed E-state index contributed by atoms with van der Waals surface area (Å²) in [5, 5.41) is 0. The molecule has 17 heavy (non-hydrogen) atoms. The van der Waals surface area contributed by atoms with Crippen LogP contribution in [-0.2, 0) is 11.9 Å². The normalized spacial score (nSPS) is 12.1. The largest absolute Gasteiger partial charge is 0.435 e. The zero-order valence-corrected chi connectivity index (χ0v) is 10.4. The molecule has 1 aromatic rings. The van der Waals surface area contributed by atoms with Crippen molar-refractivity contribution in [1.82, 2.24) is 9.97 Å². The topological polar surface area (TPSA) is 51.8 Å². The van der Waals surface area contributed by atoms with Gasteiger partial charge in [0.2, 0.25) is 0 Å². The lowest BCUT2D eigenvalue weighted by Crippen LogP contribution is -2.14. The van der Waals surface area contributed by atoms with E-state index in [1.54, 1.807) is 0 Å². The van der Waals surface area contributed by atoms with Crippen LogP contribution in [0.15, 0.2) is 6.20 Å². The van der Waals surface area contributed by atoms with Gasteiger partial charge in [0.1, 0.15) is 5.82 Å². The highest BCUT2D eigenvalue weighted by Gasteiger charge is 2.35. The maximum atomic E-state index is 12.5. The second-order valence-corrected chi connectivity index (χ2v) is 5.03. The fourth-order valence-electron chi connectivity index (χ4n) is 1.11. The van der Waals surface area contributed by atoms with Crippen LogP contribution in [0.4, 0.5) is 18.9 Å². The Balaban J connectivity index is 2.76. The average molecular weight is 265 g/mol. The molecule has 1 aromatic heterocycles. The van der Waals surface area contributed by atoms with Crippen LogP contribution < -0.4 is 5.73 Å². The van der Waals surface area contributed by atoms with Gasteiger partial charge >= 0.3 is 6.18 Å². The quantitative estimate of drug-likeness (QED) is 0.909. The van der Waals surface area contributed by atoms with Gasteiger partial charge in [-0.3, -0.25) is 0 Å². The molecule has 0 fully saturated rings.